The molecule has 0 heterocycles. The summed E-state index contributed by atoms with van der Waals surface area (Å²) in [6, 6.07) is 4.73. The molecule has 0 unspecified atom stereocenters. The highest BCUT2D eigenvalue weighted by molar-refractivity contribution is 9.10. The van der Waals surface area contributed by atoms with Crippen molar-refractivity contribution in [2.75, 3.05) is 7.04 Å². The van der Waals surface area contributed by atoms with Crippen molar-refractivity contribution in [3.63, 3.8) is 0 Å². The molecule has 0 radical (unpaired) electrons. The van der Waals surface area contributed by atoms with E-state index in [1.165, 1.54) is 6.07 Å². The lowest BCUT2D eigenvalue weighted by molar-refractivity contribution is 0.415. The van der Waals surface area contributed by atoms with Gasteiger partial charge in [-0.05, 0) is 18.2 Å². The molecule has 0 aromatic heterocycles. The lowest BCUT2D eigenvalue weighted by Crippen LogP contribution is -1.82. The van der Waals surface area contributed by atoms with Gasteiger partial charge in [0.2, 0.25) is 0 Å². The van der Waals surface area contributed by atoms with E-state index in [1.807, 2.05) is 0 Å². The van der Waals surface area contributed by atoms with Gasteiger partial charge in [-0.2, -0.15) is 0 Å². The average molecular weight is 224 g/mol. The first-order valence-corrected chi connectivity index (χ1v) is 3.70. The molecule has 0 atom stereocenters. The minimum atomic E-state index is -2.46. The number of hydrogen-bond donors (Lipinski definition) is 0. The van der Waals surface area contributed by atoms with Crippen LogP contribution in [0.4, 0.5) is 0 Å². The second-order valence-electron chi connectivity index (χ2n) is 1.68. The molecule has 0 saturated heterocycles. The van der Waals surface area contributed by atoms with Crippen LogP contribution >= 0.6 is 27.5 Å². The summed E-state index contributed by atoms with van der Waals surface area (Å²) in [6.07, 6.45) is 0. The van der Waals surface area contributed by atoms with Crippen LogP contribution < -0.4 is 4.74 Å². The van der Waals surface area contributed by atoms with Crippen LogP contribution in [0.3, 0.4) is 0 Å². The molecule has 0 aliphatic rings. The van der Waals surface area contributed by atoms with E-state index in [9.17, 15) is 0 Å². The molecular formula is C7H6BrClO. The average Bonchev–Trinajstić information content (AvgIpc) is 1.93. The molecule has 1 aromatic rings. The Morgan fingerprint density at radius 1 is 1.70 bits per heavy atom. The Kier molecular flexibility index (Phi) is 1.51. The SMILES string of the molecule is [2H]C([2H])([2H])Oc1ccc(Br)cc1Cl. The number of halogens is 2. The summed E-state index contributed by atoms with van der Waals surface area (Å²) in [5.41, 5.74) is 0. The van der Waals surface area contributed by atoms with Crippen molar-refractivity contribution in [1.29, 1.82) is 0 Å². The molecule has 0 aliphatic carbocycles. The molecule has 0 aliphatic heterocycles. The maximum atomic E-state index is 6.86. The minimum Gasteiger partial charge on any atom is -0.495 e. The third-order valence-electron chi connectivity index (χ3n) is 1.00. The number of ether oxygens (including phenoxy) is 1. The van der Waals surface area contributed by atoms with Crippen LogP contribution in [0.25, 0.3) is 0 Å². The Hall–Kier alpha value is -0.210. The van der Waals surface area contributed by atoms with Crippen LogP contribution in [0.1, 0.15) is 4.11 Å². The van der Waals surface area contributed by atoms with Crippen molar-refractivity contribution < 1.29 is 8.85 Å². The first-order chi connectivity index (χ1) is 5.88. The molecule has 0 bridgehead atoms. The topological polar surface area (TPSA) is 9.23 Å². The van der Waals surface area contributed by atoms with Crippen LogP contribution in [-0.4, -0.2) is 7.04 Å². The first-order valence-electron chi connectivity index (χ1n) is 4.02. The van der Waals surface area contributed by atoms with Gasteiger partial charge in [0.15, 0.2) is 0 Å². The lowest BCUT2D eigenvalue weighted by atomic mass is 10.3. The van der Waals surface area contributed by atoms with Gasteiger partial charge in [-0.25, -0.2) is 0 Å². The predicted octanol–water partition coefficient (Wildman–Crippen LogP) is 3.11. The van der Waals surface area contributed by atoms with Gasteiger partial charge in [0.1, 0.15) is 5.75 Å². The van der Waals surface area contributed by atoms with E-state index >= 15 is 0 Å². The Bertz CT molecular complexity index is 313. The van der Waals surface area contributed by atoms with Crippen LogP contribution in [0.5, 0.6) is 5.75 Å². The molecular weight excluding hydrogens is 215 g/mol. The second-order valence-corrected chi connectivity index (χ2v) is 3.00. The minimum absolute atomic E-state index is 0.157. The zero-order valence-electron chi connectivity index (χ0n) is 7.90. The molecule has 0 saturated carbocycles. The Labute approximate surface area is 77.3 Å². The summed E-state index contributed by atoms with van der Waals surface area (Å²) >= 11 is 8.93. The second kappa shape index (κ2) is 3.26. The Balaban J connectivity index is 2.90. The molecule has 0 fully saturated rings. The zero-order chi connectivity index (χ0) is 10.1. The number of methoxy groups -OCH3 is 1. The highest BCUT2D eigenvalue weighted by atomic mass is 79.9. The zero-order valence-corrected chi connectivity index (χ0v) is 7.24. The summed E-state index contributed by atoms with van der Waals surface area (Å²) in [6.45, 7) is 0. The highest BCUT2D eigenvalue weighted by Crippen LogP contribution is 2.26. The summed E-state index contributed by atoms with van der Waals surface area (Å²) in [7, 11) is -2.46. The molecule has 1 rings (SSSR count). The number of benzene rings is 1. The van der Waals surface area contributed by atoms with Crippen molar-refractivity contribution in [3.8, 4) is 5.75 Å². The standard InChI is InChI=1S/C7H6BrClO/c1-10-7-3-2-5(8)4-6(7)9/h2-4H,1H3/i1D3. The fourth-order valence-electron chi connectivity index (χ4n) is 0.558. The molecule has 10 heavy (non-hydrogen) atoms. The third-order valence-corrected chi connectivity index (χ3v) is 1.79. The van der Waals surface area contributed by atoms with Crippen molar-refractivity contribution in [1.82, 2.24) is 0 Å². The molecule has 1 aromatic carbocycles. The first kappa shape index (κ1) is 4.62. The number of hydrogen-bond acceptors (Lipinski definition) is 1. The van der Waals surface area contributed by atoms with Gasteiger partial charge in [-0.1, -0.05) is 27.5 Å². The molecule has 0 amide bonds. The van der Waals surface area contributed by atoms with Crippen LogP contribution in [-0.2, 0) is 0 Å². The molecule has 1 nitrogen and oxygen atoms in total. The fourth-order valence-corrected chi connectivity index (χ4v) is 1.27. The van der Waals surface area contributed by atoms with E-state index in [1.54, 1.807) is 12.1 Å². The Morgan fingerprint density at radius 2 is 2.50 bits per heavy atom. The molecule has 0 spiro atoms. The van der Waals surface area contributed by atoms with Gasteiger partial charge in [0, 0.05) is 4.47 Å². The number of rotatable bonds is 1. The van der Waals surface area contributed by atoms with Gasteiger partial charge in [0.05, 0.1) is 16.2 Å². The van der Waals surface area contributed by atoms with E-state index in [-0.39, 0.29) is 10.8 Å². The maximum absolute atomic E-state index is 6.86. The monoisotopic (exact) mass is 223 g/mol. The van der Waals surface area contributed by atoms with Crippen LogP contribution in [0, 0.1) is 0 Å². The van der Waals surface area contributed by atoms with Gasteiger partial charge in [0.25, 0.3) is 0 Å². The molecule has 54 valence electrons. The van der Waals surface area contributed by atoms with Crippen LogP contribution in [0.15, 0.2) is 22.7 Å². The van der Waals surface area contributed by atoms with E-state index in [0.717, 1.165) is 4.47 Å². The van der Waals surface area contributed by atoms with Crippen molar-refractivity contribution in [3.05, 3.63) is 27.7 Å². The lowest BCUT2D eigenvalue weighted by Gasteiger charge is -2.00. The fraction of sp³-hybridized carbons (Fsp3) is 0.143. The van der Waals surface area contributed by atoms with Crippen molar-refractivity contribution in [2.45, 2.75) is 0 Å². The predicted molar refractivity (Wildman–Crippen MR) is 45.7 cm³/mol. The van der Waals surface area contributed by atoms with Crippen LogP contribution in [0.2, 0.25) is 5.02 Å². The summed E-state index contributed by atoms with van der Waals surface area (Å²) < 4.78 is 26.0. The van der Waals surface area contributed by atoms with Gasteiger partial charge >= 0.3 is 0 Å². The maximum Gasteiger partial charge on any atom is 0.137 e. The third kappa shape index (κ3) is 1.64. The van der Waals surface area contributed by atoms with E-state index < -0.39 is 7.04 Å². The van der Waals surface area contributed by atoms with Gasteiger partial charge < -0.3 is 4.74 Å². The summed E-state index contributed by atoms with van der Waals surface area (Å²) in [5.74, 6) is 0.157. The normalized spacial score (nSPS) is 15.2. The quantitative estimate of drug-likeness (QED) is 0.712. The van der Waals surface area contributed by atoms with Gasteiger partial charge in [-0.15, -0.1) is 0 Å². The van der Waals surface area contributed by atoms with E-state index in [4.69, 9.17) is 15.7 Å². The van der Waals surface area contributed by atoms with Crippen molar-refractivity contribution in [2.24, 2.45) is 0 Å². The smallest absolute Gasteiger partial charge is 0.137 e. The largest absolute Gasteiger partial charge is 0.495 e. The highest BCUT2D eigenvalue weighted by Gasteiger charge is 1.97. The Morgan fingerprint density at radius 3 is 3.10 bits per heavy atom. The van der Waals surface area contributed by atoms with Gasteiger partial charge in [-0.3, -0.25) is 0 Å². The van der Waals surface area contributed by atoms with E-state index in [2.05, 4.69) is 20.7 Å². The molecule has 0 N–H and O–H groups in total. The van der Waals surface area contributed by atoms with E-state index in [0.29, 0.717) is 0 Å². The summed E-state index contributed by atoms with van der Waals surface area (Å²) in [4.78, 5) is 0. The molecule has 3 heteroatoms. The summed E-state index contributed by atoms with van der Waals surface area (Å²) in [5, 5.41) is 0.269. The van der Waals surface area contributed by atoms with Crippen molar-refractivity contribution >= 4 is 27.5 Å².